The Labute approximate surface area is 157 Å². The Balaban J connectivity index is 1.28. The molecule has 0 radical (unpaired) electrons. The van der Waals surface area contributed by atoms with Crippen molar-refractivity contribution < 1.29 is 4.79 Å². The zero-order valence-corrected chi connectivity index (χ0v) is 15.7. The molecule has 0 unspecified atom stereocenters. The predicted octanol–water partition coefficient (Wildman–Crippen LogP) is 3.16. The molecule has 6 nitrogen and oxygen atoms in total. The fourth-order valence-corrected chi connectivity index (χ4v) is 4.65. The minimum Gasteiger partial charge on any atom is -0.353 e. The van der Waals surface area contributed by atoms with Crippen LogP contribution < -0.4 is 5.32 Å². The Morgan fingerprint density at radius 1 is 1.27 bits per heavy atom. The lowest BCUT2D eigenvalue weighted by Crippen LogP contribution is -2.38. The van der Waals surface area contributed by atoms with Gasteiger partial charge in [-0.2, -0.15) is 5.10 Å². The van der Waals surface area contributed by atoms with E-state index >= 15 is 0 Å². The Hall–Kier alpha value is -2.28. The zero-order valence-electron chi connectivity index (χ0n) is 14.8. The van der Waals surface area contributed by atoms with E-state index in [1.54, 1.807) is 24.4 Å². The maximum atomic E-state index is 12.4. The second-order valence-corrected chi connectivity index (χ2v) is 7.88. The molecule has 1 fully saturated rings. The van der Waals surface area contributed by atoms with E-state index < -0.39 is 0 Å². The topological polar surface area (TPSA) is 64.7 Å². The summed E-state index contributed by atoms with van der Waals surface area (Å²) in [6, 6.07) is 8.99. The monoisotopic (exact) mass is 369 g/mol. The summed E-state index contributed by atoms with van der Waals surface area (Å²) in [5.74, 6) is 0.573. The van der Waals surface area contributed by atoms with Crippen LogP contribution in [0, 0.1) is 0 Å². The molecule has 7 heteroatoms. The number of aromatic nitrogens is 4. The standard InChI is InChI=1S/C19H23N5OS/c1-23-10-18(16-4-2-3-5-17(16)23)26-11-19(25)22-14-6-8-15(9-7-14)24-13-20-12-21-24/h2-5,10,12-15H,6-9,11H2,1H3,(H,22,25). The van der Waals surface area contributed by atoms with E-state index in [9.17, 15) is 4.79 Å². The van der Waals surface area contributed by atoms with Gasteiger partial charge >= 0.3 is 0 Å². The van der Waals surface area contributed by atoms with Crippen molar-refractivity contribution in [3.05, 3.63) is 43.1 Å². The number of nitrogens with zero attached hydrogens (tertiary/aromatic N) is 4. The quantitative estimate of drug-likeness (QED) is 0.702. The number of aryl methyl sites for hydroxylation is 1. The first-order chi connectivity index (χ1) is 12.7. The average Bonchev–Trinajstić information content (AvgIpc) is 3.30. The van der Waals surface area contributed by atoms with Crippen LogP contribution in [0.15, 0.2) is 48.0 Å². The SMILES string of the molecule is Cn1cc(SCC(=O)NC2CCC(n3cncn3)CC2)c2ccccc21. The number of carbonyl (C=O) groups excluding carboxylic acids is 1. The molecule has 1 aliphatic carbocycles. The summed E-state index contributed by atoms with van der Waals surface area (Å²) in [5, 5.41) is 8.64. The van der Waals surface area contributed by atoms with E-state index in [2.05, 4.69) is 38.3 Å². The van der Waals surface area contributed by atoms with Crippen LogP contribution in [0.25, 0.3) is 10.9 Å². The van der Waals surface area contributed by atoms with E-state index in [-0.39, 0.29) is 11.9 Å². The van der Waals surface area contributed by atoms with Crippen molar-refractivity contribution in [3.8, 4) is 0 Å². The summed E-state index contributed by atoms with van der Waals surface area (Å²) in [6.07, 6.45) is 9.52. The largest absolute Gasteiger partial charge is 0.353 e. The number of thioether (sulfide) groups is 1. The molecule has 0 bridgehead atoms. The van der Waals surface area contributed by atoms with Gasteiger partial charge < -0.3 is 9.88 Å². The number of amides is 1. The summed E-state index contributed by atoms with van der Waals surface area (Å²) in [7, 11) is 2.04. The zero-order chi connectivity index (χ0) is 17.9. The van der Waals surface area contributed by atoms with E-state index in [1.807, 2.05) is 23.9 Å². The Bertz CT molecular complexity index is 881. The van der Waals surface area contributed by atoms with E-state index in [0.717, 1.165) is 30.6 Å². The highest BCUT2D eigenvalue weighted by molar-refractivity contribution is 8.00. The molecule has 1 aromatic carbocycles. The highest BCUT2D eigenvalue weighted by Gasteiger charge is 2.24. The van der Waals surface area contributed by atoms with Crippen LogP contribution in [0.1, 0.15) is 31.7 Å². The summed E-state index contributed by atoms with van der Waals surface area (Å²) >= 11 is 1.61. The molecule has 1 amide bonds. The van der Waals surface area contributed by atoms with Crippen LogP contribution in [0.2, 0.25) is 0 Å². The summed E-state index contributed by atoms with van der Waals surface area (Å²) in [6.45, 7) is 0. The molecule has 0 saturated heterocycles. The van der Waals surface area contributed by atoms with Gasteiger partial charge in [-0.1, -0.05) is 18.2 Å². The van der Waals surface area contributed by atoms with Gasteiger partial charge in [-0.05, 0) is 31.7 Å². The molecule has 0 aliphatic heterocycles. The van der Waals surface area contributed by atoms with Crippen LogP contribution in [0.3, 0.4) is 0 Å². The van der Waals surface area contributed by atoms with E-state index in [4.69, 9.17) is 0 Å². The molecule has 3 aromatic rings. The number of fused-ring (bicyclic) bond motifs is 1. The number of para-hydroxylation sites is 1. The van der Waals surface area contributed by atoms with E-state index in [0.29, 0.717) is 11.8 Å². The summed E-state index contributed by atoms with van der Waals surface area (Å²) in [4.78, 5) is 17.6. The molecule has 136 valence electrons. The summed E-state index contributed by atoms with van der Waals surface area (Å²) in [5.41, 5.74) is 1.20. The Morgan fingerprint density at radius 2 is 2.08 bits per heavy atom. The summed E-state index contributed by atoms with van der Waals surface area (Å²) < 4.78 is 4.05. The van der Waals surface area contributed by atoms with Crippen LogP contribution in [0.4, 0.5) is 0 Å². The van der Waals surface area contributed by atoms with Crippen molar-refractivity contribution in [1.29, 1.82) is 0 Å². The molecular formula is C19H23N5OS. The second-order valence-electron chi connectivity index (χ2n) is 6.86. The van der Waals surface area contributed by atoms with Gasteiger partial charge in [0.25, 0.3) is 0 Å². The van der Waals surface area contributed by atoms with Crippen LogP contribution in [-0.2, 0) is 11.8 Å². The first-order valence-electron chi connectivity index (χ1n) is 9.01. The third-order valence-electron chi connectivity index (χ3n) is 5.09. The number of carbonyl (C=O) groups is 1. The average molecular weight is 369 g/mol. The predicted molar refractivity (Wildman–Crippen MR) is 103 cm³/mol. The smallest absolute Gasteiger partial charge is 0.230 e. The van der Waals surface area contributed by atoms with Gasteiger partial charge in [0.1, 0.15) is 12.7 Å². The van der Waals surface area contributed by atoms with Crippen molar-refractivity contribution in [2.24, 2.45) is 7.05 Å². The number of nitrogens with one attached hydrogen (secondary N) is 1. The maximum absolute atomic E-state index is 12.4. The van der Waals surface area contributed by atoms with Gasteiger partial charge in [0, 0.05) is 35.1 Å². The van der Waals surface area contributed by atoms with Crippen molar-refractivity contribution in [2.45, 2.75) is 42.7 Å². The lowest BCUT2D eigenvalue weighted by atomic mass is 9.91. The number of hydrogen-bond donors (Lipinski definition) is 1. The fourth-order valence-electron chi connectivity index (χ4n) is 3.72. The normalized spacial score (nSPS) is 20.3. The second kappa shape index (κ2) is 7.53. The lowest BCUT2D eigenvalue weighted by molar-refractivity contribution is -0.119. The highest BCUT2D eigenvalue weighted by Crippen LogP contribution is 2.30. The Morgan fingerprint density at radius 3 is 2.85 bits per heavy atom. The van der Waals surface area contributed by atoms with Crippen LogP contribution in [-0.4, -0.2) is 37.0 Å². The third-order valence-corrected chi connectivity index (χ3v) is 6.13. The van der Waals surface area contributed by atoms with Gasteiger partial charge in [-0.15, -0.1) is 11.8 Å². The van der Waals surface area contributed by atoms with Crippen LogP contribution >= 0.6 is 11.8 Å². The van der Waals surface area contributed by atoms with Crippen molar-refractivity contribution in [1.82, 2.24) is 24.6 Å². The first kappa shape index (κ1) is 17.1. The molecule has 1 aliphatic rings. The molecule has 2 heterocycles. The number of hydrogen-bond acceptors (Lipinski definition) is 4. The van der Waals surface area contributed by atoms with Crippen LogP contribution in [0.5, 0.6) is 0 Å². The fraction of sp³-hybridized carbons (Fsp3) is 0.421. The minimum absolute atomic E-state index is 0.118. The van der Waals surface area contributed by atoms with Crippen molar-refractivity contribution >= 4 is 28.6 Å². The first-order valence-corrected chi connectivity index (χ1v) is 9.99. The lowest BCUT2D eigenvalue weighted by Gasteiger charge is -2.28. The van der Waals surface area contributed by atoms with Gasteiger partial charge in [-0.25, -0.2) is 9.67 Å². The Kier molecular flexibility index (Phi) is 4.97. The third kappa shape index (κ3) is 3.62. The molecule has 1 N–H and O–H groups in total. The molecule has 0 spiro atoms. The van der Waals surface area contributed by atoms with Gasteiger partial charge in [0.15, 0.2) is 0 Å². The maximum Gasteiger partial charge on any atom is 0.230 e. The van der Waals surface area contributed by atoms with Crippen molar-refractivity contribution in [3.63, 3.8) is 0 Å². The number of rotatable bonds is 5. The minimum atomic E-state index is 0.118. The van der Waals surface area contributed by atoms with Gasteiger partial charge in [0.05, 0.1) is 11.8 Å². The molecule has 4 rings (SSSR count). The molecule has 26 heavy (non-hydrogen) atoms. The molecule has 0 atom stereocenters. The highest BCUT2D eigenvalue weighted by atomic mass is 32.2. The van der Waals surface area contributed by atoms with E-state index in [1.165, 1.54) is 10.9 Å². The van der Waals surface area contributed by atoms with Gasteiger partial charge in [-0.3, -0.25) is 4.79 Å². The molecule has 1 saturated carbocycles. The number of benzene rings is 1. The molecule has 2 aromatic heterocycles. The van der Waals surface area contributed by atoms with Gasteiger partial charge in [0.2, 0.25) is 5.91 Å². The van der Waals surface area contributed by atoms with Crippen molar-refractivity contribution in [2.75, 3.05) is 5.75 Å². The molecular weight excluding hydrogens is 346 g/mol.